The summed E-state index contributed by atoms with van der Waals surface area (Å²) in [4.78, 5) is 11.9. The molecule has 1 N–H and O–H groups in total. The van der Waals surface area contributed by atoms with Gasteiger partial charge in [0, 0.05) is 11.8 Å². The lowest BCUT2D eigenvalue weighted by Gasteiger charge is -2.59. The molecule has 0 aromatic carbocycles. The minimum Gasteiger partial charge on any atom is -0.390 e. The van der Waals surface area contributed by atoms with Gasteiger partial charge in [0.2, 0.25) is 0 Å². The van der Waals surface area contributed by atoms with Crippen LogP contribution in [0.4, 0.5) is 0 Å². The Morgan fingerprint density at radius 3 is 2.58 bits per heavy atom. The van der Waals surface area contributed by atoms with E-state index in [1.165, 1.54) is 44.1 Å². The Morgan fingerprint density at radius 2 is 1.83 bits per heavy atom. The Morgan fingerprint density at radius 1 is 1.08 bits per heavy atom. The average Bonchev–Trinajstić information content (AvgIpc) is 2.80. The van der Waals surface area contributed by atoms with Crippen LogP contribution in [0.1, 0.15) is 85.0 Å². The first-order valence-electron chi connectivity index (χ1n) is 10.3. The molecule has 3 saturated carbocycles. The quantitative estimate of drug-likeness (QED) is 0.769. The fourth-order valence-corrected chi connectivity index (χ4v) is 7.64. The van der Waals surface area contributed by atoms with Gasteiger partial charge in [-0.05, 0) is 87.5 Å². The van der Waals surface area contributed by atoms with Gasteiger partial charge in [-0.25, -0.2) is 0 Å². The van der Waals surface area contributed by atoms with Gasteiger partial charge in [-0.3, -0.25) is 4.79 Å². The summed E-state index contributed by atoms with van der Waals surface area (Å²) in [7, 11) is 0. The van der Waals surface area contributed by atoms with E-state index in [4.69, 9.17) is 0 Å². The van der Waals surface area contributed by atoms with Crippen molar-refractivity contribution in [3.05, 3.63) is 11.6 Å². The van der Waals surface area contributed by atoms with E-state index in [0.29, 0.717) is 11.7 Å². The molecule has 0 spiro atoms. The van der Waals surface area contributed by atoms with Crippen LogP contribution in [-0.4, -0.2) is 16.5 Å². The highest BCUT2D eigenvalue weighted by Crippen LogP contribution is 2.68. The van der Waals surface area contributed by atoms with Crippen molar-refractivity contribution in [3.8, 4) is 0 Å². The first kappa shape index (κ1) is 16.8. The molecule has 4 aliphatic carbocycles. The lowest BCUT2D eigenvalue weighted by Crippen LogP contribution is -2.55. The summed E-state index contributed by atoms with van der Waals surface area (Å²) < 4.78 is 0. The summed E-state index contributed by atoms with van der Waals surface area (Å²) in [6, 6.07) is 0. The topological polar surface area (TPSA) is 37.3 Å². The molecule has 0 saturated heterocycles. The number of allylic oxidation sites excluding steroid dienone is 1. The number of carbonyl (C=O) groups is 1. The molecule has 4 rings (SSSR count). The van der Waals surface area contributed by atoms with Crippen LogP contribution in [0.5, 0.6) is 0 Å². The number of carbonyl (C=O) groups excluding carboxylic acids is 1. The second-order valence-corrected chi connectivity index (χ2v) is 9.73. The lowest BCUT2D eigenvalue weighted by molar-refractivity contribution is -0.134. The van der Waals surface area contributed by atoms with Crippen LogP contribution < -0.4 is 0 Å². The molecule has 2 heteroatoms. The van der Waals surface area contributed by atoms with E-state index in [0.717, 1.165) is 37.5 Å². The standard InChI is InChI=1S/C22H34O2/c1-4-10-22-13-9-18-17(19(22)8-12-21(22,3)24)6-5-15-14-16(23)7-11-20(15,18)2/h14,17-19,24H,4-13H2,1-3H3/t17?,18?,19?,20?,21-,22?/m0/s1. The minimum atomic E-state index is -0.474. The SMILES string of the molecule is CCCC12CCC3C(CCC4=CC(=O)CCC43C)C1CC[C@]2(C)O. The summed E-state index contributed by atoms with van der Waals surface area (Å²) in [5, 5.41) is 11.2. The number of hydrogen-bond acceptors (Lipinski definition) is 2. The van der Waals surface area contributed by atoms with Crippen molar-refractivity contribution < 1.29 is 9.90 Å². The molecule has 2 nitrogen and oxygen atoms in total. The normalized spacial score (nSPS) is 50.8. The molecule has 0 bridgehead atoms. The molecule has 4 aliphatic rings. The Hall–Kier alpha value is -0.630. The van der Waals surface area contributed by atoms with Crippen LogP contribution in [-0.2, 0) is 4.79 Å². The summed E-state index contributed by atoms with van der Waals surface area (Å²) in [6.07, 6.45) is 13.2. The Balaban J connectivity index is 1.70. The highest BCUT2D eigenvalue weighted by molar-refractivity contribution is 5.91. The summed E-state index contributed by atoms with van der Waals surface area (Å²) in [5.41, 5.74) is 1.39. The molecule has 134 valence electrons. The van der Waals surface area contributed by atoms with E-state index in [9.17, 15) is 9.90 Å². The predicted octanol–water partition coefficient (Wildman–Crippen LogP) is 5.05. The van der Waals surface area contributed by atoms with Gasteiger partial charge in [0.25, 0.3) is 0 Å². The largest absolute Gasteiger partial charge is 0.390 e. The zero-order chi connectivity index (χ0) is 17.2. The third-order valence-corrected chi connectivity index (χ3v) is 8.88. The van der Waals surface area contributed by atoms with Gasteiger partial charge >= 0.3 is 0 Å². The first-order valence-corrected chi connectivity index (χ1v) is 10.3. The number of ketones is 1. The van der Waals surface area contributed by atoms with Crippen molar-refractivity contribution >= 4 is 5.78 Å². The number of aliphatic hydroxyl groups is 1. The summed E-state index contributed by atoms with van der Waals surface area (Å²) >= 11 is 0. The maximum Gasteiger partial charge on any atom is 0.155 e. The molecule has 0 aliphatic heterocycles. The molecule has 0 aromatic rings. The van der Waals surface area contributed by atoms with Crippen molar-refractivity contribution in [2.75, 3.05) is 0 Å². The van der Waals surface area contributed by atoms with Crippen LogP contribution in [0.15, 0.2) is 11.6 Å². The third-order valence-electron chi connectivity index (χ3n) is 8.88. The van der Waals surface area contributed by atoms with Crippen molar-refractivity contribution in [1.29, 1.82) is 0 Å². The van der Waals surface area contributed by atoms with E-state index >= 15 is 0 Å². The average molecular weight is 331 g/mol. The molecule has 0 heterocycles. The van der Waals surface area contributed by atoms with Crippen molar-refractivity contribution in [1.82, 2.24) is 0 Å². The highest BCUT2D eigenvalue weighted by atomic mass is 16.3. The van der Waals surface area contributed by atoms with Gasteiger partial charge in [0.05, 0.1) is 5.60 Å². The van der Waals surface area contributed by atoms with Gasteiger partial charge in [0.15, 0.2) is 5.78 Å². The third kappa shape index (κ3) is 2.08. The number of rotatable bonds is 2. The van der Waals surface area contributed by atoms with E-state index in [1.54, 1.807) is 0 Å². The minimum absolute atomic E-state index is 0.158. The Bertz CT molecular complexity index is 575. The van der Waals surface area contributed by atoms with Crippen LogP contribution in [0.3, 0.4) is 0 Å². The fraction of sp³-hybridized carbons (Fsp3) is 0.864. The van der Waals surface area contributed by atoms with Gasteiger partial charge in [-0.15, -0.1) is 0 Å². The molecule has 3 fully saturated rings. The van der Waals surface area contributed by atoms with E-state index < -0.39 is 5.60 Å². The lowest BCUT2D eigenvalue weighted by atomic mass is 9.45. The Kier molecular flexibility index (Phi) is 3.81. The van der Waals surface area contributed by atoms with Gasteiger partial charge < -0.3 is 5.11 Å². The molecule has 5 unspecified atom stereocenters. The number of fused-ring (bicyclic) bond motifs is 5. The van der Waals surface area contributed by atoms with Gasteiger partial charge in [-0.1, -0.05) is 25.8 Å². The molecule has 24 heavy (non-hydrogen) atoms. The second kappa shape index (κ2) is 5.43. The van der Waals surface area contributed by atoms with Gasteiger partial charge in [-0.2, -0.15) is 0 Å². The number of hydrogen-bond donors (Lipinski definition) is 1. The molecule has 0 aromatic heterocycles. The van der Waals surface area contributed by atoms with Crippen LogP contribution in [0.25, 0.3) is 0 Å². The summed E-state index contributed by atoms with van der Waals surface area (Å²) in [5.74, 6) is 2.53. The van der Waals surface area contributed by atoms with Crippen LogP contribution in [0, 0.1) is 28.6 Å². The van der Waals surface area contributed by atoms with E-state index in [1.807, 2.05) is 6.08 Å². The van der Waals surface area contributed by atoms with E-state index in [-0.39, 0.29) is 10.8 Å². The van der Waals surface area contributed by atoms with Crippen LogP contribution in [0.2, 0.25) is 0 Å². The van der Waals surface area contributed by atoms with Crippen molar-refractivity contribution in [2.24, 2.45) is 28.6 Å². The molecule has 0 amide bonds. The van der Waals surface area contributed by atoms with Crippen LogP contribution >= 0.6 is 0 Å². The Labute approximate surface area is 147 Å². The maximum atomic E-state index is 11.9. The zero-order valence-corrected chi connectivity index (χ0v) is 15.7. The predicted molar refractivity (Wildman–Crippen MR) is 96.6 cm³/mol. The highest BCUT2D eigenvalue weighted by Gasteiger charge is 2.63. The van der Waals surface area contributed by atoms with E-state index in [2.05, 4.69) is 20.8 Å². The molecular formula is C22H34O2. The monoisotopic (exact) mass is 330 g/mol. The molecular weight excluding hydrogens is 296 g/mol. The summed E-state index contributed by atoms with van der Waals surface area (Å²) in [6.45, 7) is 6.85. The van der Waals surface area contributed by atoms with Crippen molar-refractivity contribution in [3.63, 3.8) is 0 Å². The second-order valence-electron chi connectivity index (χ2n) is 9.73. The maximum absolute atomic E-state index is 11.9. The molecule has 6 atom stereocenters. The van der Waals surface area contributed by atoms with Gasteiger partial charge in [0.1, 0.15) is 0 Å². The molecule has 0 radical (unpaired) electrons. The smallest absolute Gasteiger partial charge is 0.155 e. The fourth-order valence-electron chi connectivity index (χ4n) is 7.64. The van der Waals surface area contributed by atoms with Crippen molar-refractivity contribution in [2.45, 2.75) is 90.6 Å². The zero-order valence-electron chi connectivity index (χ0n) is 15.7. The first-order chi connectivity index (χ1) is 11.3.